The smallest absolute Gasteiger partial charge is 0.318 e. The maximum Gasteiger partial charge on any atom is 0.318 e. The van der Waals surface area contributed by atoms with Crippen molar-refractivity contribution in [1.82, 2.24) is 10.2 Å². The van der Waals surface area contributed by atoms with Gasteiger partial charge in [-0.25, -0.2) is 13.2 Å². The van der Waals surface area contributed by atoms with Crippen molar-refractivity contribution in [2.24, 2.45) is 0 Å². The van der Waals surface area contributed by atoms with E-state index in [1.165, 1.54) is 0 Å². The van der Waals surface area contributed by atoms with Gasteiger partial charge in [-0.3, -0.25) is 0 Å². The van der Waals surface area contributed by atoms with E-state index in [1.807, 2.05) is 20.8 Å². The topological polar surface area (TPSA) is 66.5 Å². The summed E-state index contributed by atoms with van der Waals surface area (Å²) in [4.78, 5) is 14.3. The minimum absolute atomic E-state index is 0.0355. The Labute approximate surface area is 146 Å². The second-order valence-corrected chi connectivity index (χ2v) is 9.85. The molecule has 7 heteroatoms. The Morgan fingerprint density at radius 2 is 1.91 bits per heavy atom. The summed E-state index contributed by atoms with van der Waals surface area (Å²) < 4.78 is 26.0. The summed E-state index contributed by atoms with van der Waals surface area (Å²) in [6.45, 7) is 6.33. The fourth-order valence-electron chi connectivity index (χ4n) is 2.66. The van der Waals surface area contributed by atoms with Gasteiger partial charge in [0, 0.05) is 22.6 Å². The molecule has 1 N–H and O–H groups in total. The van der Waals surface area contributed by atoms with Crippen LogP contribution in [0.2, 0.25) is 0 Å². The highest BCUT2D eigenvalue weighted by atomic mass is 79.9. The summed E-state index contributed by atoms with van der Waals surface area (Å²) in [5.41, 5.74) is -0.338. The van der Waals surface area contributed by atoms with E-state index in [1.54, 1.807) is 29.2 Å². The monoisotopic (exact) mass is 402 g/mol. The van der Waals surface area contributed by atoms with Crippen LogP contribution in [-0.4, -0.2) is 43.2 Å². The third kappa shape index (κ3) is 4.94. The summed E-state index contributed by atoms with van der Waals surface area (Å²) in [6.07, 6.45) is 1.55. The molecule has 5 nitrogen and oxygen atoms in total. The molecule has 0 aliphatic carbocycles. The van der Waals surface area contributed by atoms with Gasteiger partial charge in [0.05, 0.1) is 10.6 Å². The van der Waals surface area contributed by atoms with Crippen LogP contribution in [0.1, 0.15) is 33.6 Å². The van der Waals surface area contributed by atoms with Crippen molar-refractivity contribution < 1.29 is 13.2 Å². The average molecular weight is 403 g/mol. The van der Waals surface area contributed by atoms with Crippen LogP contribution in [0.3, 0.4) is 0 Å². The van der Waals surface area contributed by atoms with Crippen LogP contribution in [0.5, 0.6) is 0 Å². The van der Waals surface area contributed by atoms with Gasteiger partial charge in [-0.2, -0.15) is 0 Å². The standard InChI is InChI=1S/C16H23BrN2O3S/c1-16(2,3)18-15(20)19-10-4-5-13(19)11-23(21,22)14-8-6-12(17)7-9-14/h6-9,13H,4-5,10-11H2,1-3H3,(H,18,20)/t13-/m0/s1. The van der Waals surface area contributed by atoms with Crippen molar-refractivity contribution in [3.63, 3.8) is 0 Å². The van der Waals surface area contributed by atoms with Crippen molar-refractivity contribution in [2.75, 3.05) is 12.3 Å². The van der Waals surface area contributed by atoms with Gasteiger partial charge in [-0.05, 0) is 57.9 Å². The second kappa shape index (κ2) is 6.81. The molecule has 0 saturated carbocycles. The van der Waals surface area contributed by atoms with E-state index in [4.69, 9.17) is 0 Å². The first-order chi connectivity index (χ1) is 10.6. The number of nitrogens with one attached hydrogen (secondary N) is 1. The number of nitrogens with zero attached hydrogens (tertiary/aromatic N) is 1. The molecule has 2 amide bonds. The maximum atomic E-state index is 12.6. The lowest BCUT2D eigenvalue weighted by atomic mass is 10.1. The fraction of sp³-hybridized carbons (Fsp3) is 0.562. The van der Waals surface area contributed by atoms with E-state index in [0.717, 1.165) is 10.9 Å². The van der Waals surface area contributed by atoms with Crippen molar-refractivity contribution in [3.8, 4) is 0 Å². The number of hydrogen-bond acceptors (Lipinski definition) is 3. The molecule has 2 rings (SSSR count). The van der Waals surface area contributed by atoms with E-state index in [0.29, 0.717) is 17.9 Å². The molecule has 23 heavy (non-hydrogen) atoms. The average Bonchev–Trinajstić information content (AvgIpc) is 2.84. The summed E-state index contributed by atoms with van der Waals surface area (Å²) in [5, 5.41) is 2.91. The number of likely N-dealkylation sites (tertiary alicyclic amines) is 1. The molecule has 1 saturated heterocycles. The van der Waals surface area contributed by atoms with Crippen molar-refractivity contribution in [3.05, 3.63) is 28.7 Å². The number of carbonyl (C=O) groups is 1. The minimum atomic E-state index is -3.41. The Kier molecular flexibility index (Phi) is 5.41. The van der Waals surface area contributed by atoms with E-state index in [-0.39, 0.29) is 23.4 Å². The van der Waals surface area contributed by atoms with Crippen LogP contribution >= 0.6 is 15.9 Å². The largest absolute Gasteiger partial charge is 0.333 e. The minimum Gasteiger partial charge on any atom is -0.333 e. The lowest BCUT2D eigenvalue weighted by molar-refractivity contribution is 0.187. The van der Waals surface area contributed by atoms with Crippen molar-refractivity contribution >= 4 is 31.8 Å². The highest BCUT2D eigenvalue weighted by Crippen LogP contribution is 2.23. The lowest BCUT2D eigenvalue weighted by Gasteiger charge is -2.29. The van der Waals surface area contributed by atoms with Gasteiger partial charge in [0.1, 0.15) is 0 Å². The molecule has 1 aromatic carbocycles. The number of benzene rings is 1. The molecule has 1 atom stereocenters. The first-order valence-corrected chi connectivity index (χ1v) is 10.1. The third-order valence-electron chi connectivity index (χ3n) is 3.70. The molecule has 0 bridgehead atoms. The second-order valence-electron chi connectivity index (χ2n) is 6.90. The number of urea groups is 1. The molecule has 1 fully saturated rings. The van der Waals surface area contributed by atoms with Crippen LogP contribution in [-0.2, 0) is 9.84 Å². The van der Waals surface area contributed by atoms with E-state index in [9.17, 15) is 13.2 Å². The van der Waals surface area contributed by atoms with Crippen LogP contribution < -0.4 is 5.32 Å². The zero-order valence-electron chi connectivity index (χ0n) is 13.7. The zero-order chi connectivity index (χ0) is 17.3. The molecule has 0 radical (unpaired) electrons. The summed E-state index contributed by atoms with van der Waals surface area (Å²) in [6, 6.07) is 6.15. The van der Waals surface area contributed by atoms with Crippen LogP contribution in [0, 0.1) is 0 Å². The first-order valence-electron chi connectivity index (χ1n) is 7.66. The van der Waals surface area contributed by atoms with Crippen molar-refractivity contribution in [1.29, 1.82) is 0 Å². The molecule has 1 aliphatic rings. The molecule has 1 heterocycles. The number of halogens is 1. The van der Waals surface area contributed by atoms with Crippen molar-refractivity contribution in [2.45, 2.75) is 50.1 Å². The van der Waals surface area contributed by atoms with Gasteiger partial charge >= 0.3 is 6.03 Å². The molecule has 1 aliphatic heterocycles. The van der Waals surface area contributed by atoms with Crippen LogP contribution in [0.4, 0.5) is 4.79 Å². The van der Waals surface area contributed by atoms with Gasteiger partial charge < -0.3 is 10.2 Å². The fourth-order valence-corrected chi connectivity index (χ4v) is 4.52. The molecule has 128 valence electrons. The van der Waals surface area contributed by atoms with E-state index in [2.05, 4.69) is 21.2 Å². The van der Waals surface area contributed by atoms with E-state index < -0.39 is 9.84 Å². The summed E-state index contributed by atoms with van der Waals surface area (Å²) >= 11 is 3.30. The van der Waals surface area contributed by atoms with Crippen LogP contribution in [0.25, 0.3) is 0 Å². The summed E-state index contributed by atoms with van der Waals surface area (Å²) in [5.74, 6) is -0.0355. The Morgan fingerprint density at radius 3 is 2.48 bits per heavy atom. The molecular formula is C16H23BrN2O3S. The van der Waals surface area contributed by atoms with Crippen LogP contribution in [0.15, 0.2) is 33.6 Å². The molecule has 0 spiro atoms. The van der Waals surface area contributed by atoms with Gasteiger partial charge in [-0.15, -0.1) is 0 Å². The SMILES string of the molecule is CC(C)(C)NC(=O)N1CCC[C@H]1CS(=O)(=O)c1ccc(Br)cc1. The number of carbonyl (C=O) groups excluding carboxylic acids is 1. The Balaban J connectivity index is 2.11. The Morgan fingerprint density at radius 1 is 1.30 bits per heavy atom. The number of rotatable bonds is 3. The lowest BCUT2D eigenvalue weighted by Crippen LogP contribution is -2.51. The molecule has 0 aromatic heterocycles. The van der Waals surface area contributed by atoms with Gasteiger partial charge in [0.2, 0.25) is 0 Å². The van der Waals surface area contributed by atoms with E-state index >= 15 is 0 Å². The predicted molar refractivity (Wildman–Crippen MR) is 94.2 cm³/mol. The number of sulfone groups is 1. The van der Waals surface area contributed by atoms with Gasteiger partial charge in [0.25, 0.3) is 0 Å². The highest BCUT2D eigenvalue weighted by molar-refractivity contribution is 9.10. The number of amides is 2. The predicted octanol–water partition coefficient (Wildman–Crippen LogP) is 3.20. The molecule has 0 unspecified atom stereocenters. The summed E-state index contributed by atoms with van der Waals surface area (Å²) in [7, 11) is -3.41. The Hall–Kier alpha value is -1.08. The maximum absolute atomic E-state index is 12.6. The molecular weight excluding hydrogens is 380 g/mol. The van der Waals surface area contributed by atoms with Gasteiger partial charge in [0.15, 0.2) is 9.84 Å². The quantitative estimate of drug-likeness (QED) is 0.843. The number of hydrogen-bond donors (Lipinski definition) is 1. The zero-order valence-corrected chi connectivity index (χ0v) is 16.1. The third-order valence-corrected chi connectivity index (χ3v) is 6.05. The highest BCUT2D eigenvalue weighted by Gasteiger charge is 2.34. The molecule has 1 aromatic rings. The first kappa shape index (κ1) is 18.3. The normalized spacial score (nSPS) is 19.0. The van der Waals surface area contributed by atoms with Gasteiger partial charge in [-0.1, -0.05) is 15.9 Å². The Bertz CT molecular complexity index is 666.